The number of rotatable bonds is 3. The van der Waals surface area contributed by atoms with E-state index in [4.69, 9.17) is 9.72 Å². The molecule has 174 valence electrons. The van der Waals surface area contributed by atoms with E-state index in [-0.39, 0.29) is 11.5 Å². The number of ether oxygens (including phenoxy) is 1. The molecule has 2 aliphatic rings. The van der Waals surface area contributed by atoms with E-state index in [0.717, 1.165) is 53.5 Å². The van der Waals surface area contributed by atoms with Gasteiger partial charge in [-0.1, -0.05) is 25.2 Å². The summed E-state index contributed by atoms with van der Waals surface area (Å²) >= 11 is 1.76. The first-order valence-electron chi connectivity index (χ1n) is 11.8. The highest BCUT2D eigenvalue weighted by molar-refractivity contribution is 7.19. The molecule has 7 nitrogen and oxygen atoms in total. The molecule has 1 fully saturated rings. The molecule has 0 radical (unpaired) electrons. The number of nitrogens with zero attached hydrogens (tertiary/aromatic N) is 6. The van der Waals surface area contributed by atoms with Crippen LogP contribution in [0.3, 0.4) is 0 Å². The zero-order chi connectivity index (χ0) is 23.4. The van der Waals surface area contributed by atoms with Crippen LogP contribution in [0.4, 0.5) is 5.13 Å². The molecule has 0 amide bonds. The first kappa shape index (κ1) is 21.4. The van der Waals surface area contributed by atoms with E-state index in [1.54, 1.807) is 11.3 Å². The molecule has 5 heterocycles. The first-order valence-corrected chi connectivity index (χ1v) is 12.6. The molecule has 3 aromatic heterocycles. The number of aromatic nitrogens is 4. The maximum Gasteiger partial charge on any atom is 0.186 e. The number of fused-ring (bicyclic) bond motifs is 4. The monoisotopic (exact) mass is 472 g/mol. The van der Waals surface area contributed by atoms with E-state index in [0.29, 0.717) is 18.8 Å². The Morgan fingerprint density at radius 2 is 2.21 bits per heavy atom. The van der Waals surface area contributed by atoms with Crippen molar-refractivity contribution in [3.8, 4) is 16.8 Å². The third kappa shape index (κ3) is 3.60. The zero-order valence-electron chi connectivity index (χ0n) is 19.8. The zero-order valence-corrected chi connectivity index (χ0v) is 20.6. The maximum atomic E-state index is 9.40. The van der Waals surface area contributed by atoms with E-state index in [1.165, 1.54) is 10.4 Å². The lowest BCUT2D eigenvalue weighted by Gasteiger charge is -2.35. The Morgan fingerprint density at radius 1 is 1.32 bits per heavy atom. The van der Waals surface area contributed by atoms with Crippen molar-refractivity contribution in [1.82, 2.24) is 19.1 Å². The normalized spacial score (nSPS) is 19.5. The largest absolute Gasteiger partial charge is 0.377 e. The molecule has 1 saturated heterocycles. The highest BCUT2D eigenvalue weighted by atomic mass is 32.1. The van der Waals surface area contributed by atoms with Gasteiger partial charge < -0.3 is 18.8 Å². The van der Waals surface area contributed by atoms with E-state index in [9.17, 15) is 5.26 Å². The summed E-state index contributed by atoms with van der Waals surface area (Å²) in [5.74, 6) is 1.03. The van der Waals surface area contributed by atoms with Gasteiger partial charge in [-0.25, -0.2) is 9.97 Å². The van der Waals surface area contributed by atoms with Crippen molar-refractivity contribution in [3.63, 3.8) is 0 Å². The van der Waals surface area contributed by atoms with Gasteiger partial charge in [0.25, 0.3) is 0 Å². The molecule has 1 atom stereocenters. The van der Waals surface area contributed by atoms with Crippen LogP contribution in [0, 0.1) is 16.7 Å². The van der Waals surface area contributed by atoms with Gasteiger partial charge in [-0.2, -0.15) is 5.26 Å². The third-order valence-corrected chi connectivity index (χ3v) is 8.11. The lowest BCUT2D eigenvalue weighted by atomic mass is 9.88. The Kier molecular flexibility index (Phi) is 5.01. The van der Waals surface area contributed by atoms with Crippen LogP contribution in [0.25, 0.3) is 21.6 Å². The van der Waals surface area contributed by atoms with E-state index in [1.807, 2.05) is 24.4 Å². The van der Waals surface area contributed by atoms with Crippen LogP contribution in [0.1, 0.15) is 30.7 Å². The Labute approximate surface area is 203 Å². The number of nitriles is 1. The predicted molar refractivity (Wildman–Crippen MR) is 134 cm³/mol. The molecule has 0 aliphatic carbocycles. The summed E-state index contributed by atoms with van der Waals surface area (Å²) < 4.78 is 10.3. The quantitative estimate of drug-likeness (QED) is 0.442. The lowest BCUT2D eigenvalue weighted by molar-refractivity contribution is 0.0941. The fourth-order valence-electron chi connectivity index (χ4n) is 5.41. The molecule has 4 aromatic rings. The van der Waals surface area contributed by atoms with Crippen molar-refractivity contribution in [1.29, 1.82) is 5.26 Å². The van der Waals surface area contributed by atoms with Gasteiger partial charge in [0.15, 0.2) is 11.0 Å². The maximum absolute atomic E-state index is 9.40. The van der Waals surface area contributed by atoms with Crippen molar-refractivity contribution < 1.29 is 4.74 Å². The molecule has 2 aliphatic heterocycles. The fraction of sp³-hybridized carbons (Fsp3) is 0.423. The summed E-state index contributed by atoms with van der Waals surface area (Å²) in [5.41, 5.74) is 4.36. The first-order chi connectivity index (χ1) is 16.4. The van der Waals surface area contributed by atoms with Crippen LogP contribution in [-0.4, -0.2) is 44.9 Å². The third-order valence-electron chi connectivity index (χ3n) is 6.98. The molecule has 0 spiro atoms. The topological polar surface area (TPSA) is 71.9 Å². The van der Waals surface area contributed by atoms with Crippen molar-refractivity contribution in [3.05, 3.63) is 53.6 Å². The number of hydrogen-bond acceptors (Lipinski definition) is 6. The molecular weight excluding hydrogens is 444 g/mol. The minimum atomic E-state index is 0.123. The SMILES string of the molecule is Cn1cc(C[C@H]2COCCN2c2nc3c(s2)-c2nccn2CC(C)(C)C3)c2cc(C#N)ccc21. The second-order valence-corrected chi connectivity index (χ2v) is 11.2. The second-order valence-electron chi connectivity index (χ2n) is 10.2. The summed E-state index contributed by atoms with van der Waals surface area (Å²) in [4.78, 5) is 13.5. The molecule has 0 unspecified atom stereocenters. The number of hydrogen-bond donors (Lipinski definition) is 0. The van der Waals surface area contributed by atoms with Crippen LogP contribution in [0.5, 0.6) is 0 Å². The highest BCUT2D eigenvalue weighted by Gasteiger charge is 2.33. The summed E-state index contributed by atoms with van der Waals surface area (Å²) in [6.45, 7) is 7.75. The smallest absolute Gasteiger partial charge is 0.186 e. The van der Waals surface area contributed by atoms with E-state index in [2.05, 4.69) is 58.4 Å². The Balaban J connectivity index is 1.36. The van der Waals surface area contributed by atoms with Crippen molar-refractivity contribution >= 4 is 27.4 Å². The standard InChI is InChI=1S/C26H28N6OS/c1-26(2)12-21-23(24-28-6-7-31(24)16-26)34-25(29-21)32-8-9-33-15-19(32)11-18-14-30(3)22-5-4-17(13-27)10-20(18)22/h4-7,10,14,19H,8-9,11-12,15-16H2,1-3H3/t19-/m0/s1. The molecule has 1 aromatic carbocycles. The summed E-state index contributed by atoms with van der Waals surface area (Å²) in [7, 11) is 2.06. The van der Waals surface area contributed by atoms with Crippen LogP contribution in [0.15, 0.2) is 36.8 Å². The molecule has 0 bridgehead atoms. The number of benzene rings is 1. The van der Waals surface area contributed by atoms with Crippen molar-refractivity contribution in [2.24, 2.45) is 12.5 Å². The van der Waals surface area contributed by atoms with Crippen molar-refractivity contribution in [2.75, 3.05) is 24.7 Å². The number of aryl methyl sites for hydroxylation is 1. The van der Waals surface area contributed by atoms with Gasteiger partial charge in [-0.05, 0) is 42.0 Å². The molecule has 0 saturated carbocycles. The number of morpholine rings is 1. The molecule has 6 rings (SSSR count). The van der Waals surface area contributed by atoms with Crippen LogP contribution < -0.4 is 4.90 Å². The molecule has 34 heavy (non-hydrogen) atoms. The lowest BCUT2D eigenvalue weighted by Crippen LogP contribution is -2.46. The van der Waals surface area contributed by atoms with Gasteiger partial charge >= 0.3 is 0 Å². The summed E-state index contributed by atoms with van der Waals surface area (Å²) in [5, 5.41) is 11.6. The Hall–Kier alpha value is -3.15. The van der Waals surface area contributed by atoms with Gasteiger partial charge in [0.05, 0.1) is 41.5 Å². The molecule has 8 heteroatoms. The second kappa shape index (κ2) is 7.97. The number of thiazole rings is 1. The van der Waals surface area contributed by atoms with E-state index >= 15 is 0 Å². The van der Waals surface area contributed by atoms with Crippen molar-refractivity contribution in [2.45, 2.75) is 39.3 Å². The van der Waals surface area contributed by atoms with Gasteiger partial charge in [-0.15, -0.1) is 0 Å². The van der Waals surface area contributed by atoms with Crippen LogP contribution in [-0.2, 0) is 31.2 Å². The average molecular weight is 473 g/mol. The van der Waals surface area contributed by atoms with Crippen LogP contribution in [0.2, 0.25) is 0 Å². The van der Waals surface area contributed by atoms with Crippen LogP contribution >= 0.6 is 11.3 Å². The fourth-order valence-corrected chi connectivity index (χ4v) is 6.60. The predicted octanol–water partition coefficient (Wildman–Crippen LogP) is 4.40. The number of imidazole rings is 1. The van der Waals surface area contributed by atoms with Gasteiger partial charge in [0.2, 0.25) is 0 Å². The average Bonchev–Trinajstić information content (AvgIpc) is 3.50. The molecular formula is C26H28N6OS. The summed E-state index contributed by atoms with van der Waals surface area (Å²) in [6, 6.07) is 8.39. The highest BCUT2D eigenvalue weighted by Crippen LogP contribution is 2.42. The minimum Gasteiger partial charge on any atom is -0.377 e. The Bertz CT molecular complexity index is 1420. The Morgan fingerprint density at radius 3 is 3.06 bits per heavy atom. The minimum absolute atomic E-state index is 0.123. The van der Waals surface area contributed by atoms with Gasteiger partial charge in [0, 0.05) is 49.6 Å². The van der Waals surface area contributed by atoms with Gasteiger partial charge in [0.1, 0.15) is 0 Å². The summed E-state index contributed by atoms with van der Waals surface area (Å²) in [6.07, 6.45) is 7.95. The number of anilines is 1. The van der Waals surface area contributed by atoms with E-state index < -0.39 is 0 Å². The molecule has 0 N–H and O–H groups in total. The van der Waals surface area contributed by atoms with Gasteiger partial charge in [-0.3, -0.25) is 0 Å².